The molecule has 82 valence electrons. The number of hydrazone groups is 1. The normalized spacial score (nSPS) is 10.1. The third-order valence-corrected chi connectivity index (χ3v) is 2.04. The van der Waals surface area contributed by atoms with Crippen molar-refractivity contribution in [1.29, 1.82) is 0 Å². The van der Waals surface area contributed by atoms with E-state index in [9.17, 15) is 0 Å². The minimum absolute atomic E-state index is 0.0844. The molecule has 0 unspecified atom stereocenters. The van der Waals surface area contributed by atoms with Gasteiger partial charge >= 0.3 is 0 Å². The molecule has 1 aromatic carbocycles. The van der Waals surface area contributed by atoms with Crippen LogP contribution in [0.2, 0.25) is 5.28 Å². The van der Waals surface area contributed by atoms with Crippen molar-refractivity contribution in [3.63, 3.8) is 0 Å². The van der Waals surface area contributed by atoms with E-state index < -0.39 is 0 Å². The first-order chi connectivity index (χ1) is 7.66. The lowest BCUT2D eigenvalue weighted by molar-refractivity contribution is 1.17. The predicted octanol–water partition coefficient (Wildman–Crippen LogP) is 0.883. The van der Waals surface area contributed by atoms with Crippen molar-refractivity contribution in [2.45, 2.75) is 0 Å². The largest absolute Gasteiger partial charge is 0.369 e. The molecule has 2 aromatic rings. The minimum Gasteiger partial charge on any atom is -0.369 e. The van der Waals surface area contributed by atoms with Gasteiger partial charge in [-0.2, -0.15) is 4.98 Å². The molecule has 0 amide bonds. The molecule has 5 N–H and O–H groups in total. The molecule has 0 aliphatic rings. The van der Waals surface area contributed by atoms with E-state index in [-0.39, 0.29) is 11.2 Å². The molecule has 0 aliphatic heterocycles. The molecule has 0 saturated carbocycles. The van der Waals surface area contributed by atoms with Gasteiger partial charge in [0.05, 0.1) is 5.52 Å². The molecule has 7 heteroatoms. The fourth-order valence-corrected chi connectivity index (χ4v) is 1.43. The molecular weight excluding hydrogens is 228 g/mol. The highest BCUT2D eigenvalue weighted by molar-refractivity contribution is 6.28. The van der Waals surface area contributed by atoms with E-state index in [2.05, 4.69) is 20.5 Å². The zero-order valence-electron chi connectivity index (χ0n) is 8.18. The van der Waals surface area contributed by atoms with E-state index in [1.807, 2.05) is 24.3 Å². The molecule has 2 rings (SSSR count). The van der Waals surface area contributed by atoms with Gasteiger partial charge in [-0.1, -0.05) is 12.1 Å². The standard InChI is InChI=1S/C9H9ClN6/c10-8-13-6-4-2-1-3-5(6)7(14-8)15-16-9(11)12/h1-4H,(H4,11,12,16)(H,13,14,15). The summed E-state index contributed by atoms with van der Waals surface area (Å²) in [6, 6.07) is 7.39. The maximum atomic E-state index is 5.77. The molecule has 0 atom stereocenters. The number of hydrogen-bond donors (Lipinski definition) is 3. The van der Waals surface area contributed by atoms with Crippen molar-refractivity contribution >= 4 is 34.3 Å². The molecule has 0 aliphatic carbocycles. The number of halogens is 1. The number of nitrogens with one attached hydrogen (secondary N) is 1. The van der Waals surface area contributed by atoms with Gasteiger partial charge in [0, 0.05) is 5.39 Å². The van der Waals surface area contributed by atoms with Gasteiger partial charge < -0.3 is 11.5 Å². The molecule has 0 saturated heterocycles. The average molecular weight is 237 g/mol. The van der Waals surface area contributed by atoms with Gasteiger partial charge in [-0.25, -0.2) is 4.98 Å². The van der Waals surface area contributed by atoms with E-state index in [1.165, 1.54) is 0 Å². The van der Waals surface area contributed by atoms with E-state index in [4.69, 9.17) is 23.1 Å². The number of hydrogen-bond acceptors (Lipinski definition) is 4. The Kier molecular flexibility index (Phi) is 2.74. The number of nitrogens with zero attached hydrogens (tertiary/aromatic N) is 3. The number of para-hydroxylation sites is 1. The average Bonchev–Trinajstić information content (AvgIpc) is 2.25. The van der Waals surface area contributed by atoms with E-state index in [0.29, 0.717) is 5.82 Å². The molecule has 0 fully saturated rings. The molecule has 16 heavy (non-hydrogen) atoms. The van der Waals surface area contributed by atoms with E-state index in [1.54, 1.807) is 0 Å². The third-order valence-electron chi connectivity index (χ3n) is 1.87. The van der Waals surface area contributed by atoms with E-state index in [0.717, 1.165) is 10.9 Å². The van der Waals surface area contributed by atoms with Crippen molar-refractivity contribution in [1.82, 2.24) is 9.97 Å². The van der Waals surface area contributed by atoms with Crippen LogP contribution in [-0.2, 0) is 0 Å². The number of benzene rings is 1. The Balaban J connectivity index is 2.54. The summed E-state index contributed by atoms with van der Waals surface area (Å²) in [5, 5.41) is 4.58. The lowest BCUT2D eigenvalue weighted by atomic mass is 10.2. The first-order valence-corrected chi connectivity index (χ1v) is 4.81. The number of rotatable bonds is 2. The monoisotopic (exact) mass is 236 g/mol. The Bertz CT molecular complexity index is 549. The van der Waals surface area contributed by atoms with Crippen LogP contribution < -0.4 is 16.9 Å². The van der Waals surface area contributed by atoms with Gasteiger partial charge in [-0.3, -0.25) is 5.43 Å². The Morgan fingerprint density at radius 1 is 1.25 bits per heavy atom. The van der Waals surface area contributed by atoms with Crippen LogP contribution in [0.3, 0.4) is 0 Å². The van der Waals surface area contributed by atoms with Crippen LogP contribution in [0.15, 0.2) is 29.4 Å². The molecule has 0 spiro atoms. The summed E-state index contributed by atoms with van der Waals surface area (Å²) < 4.78 is 0. The van der Waals surface area contributed by atoms with Crippen molar-refractivity contribution in [2.75, 3.05) is 5.43 Å². The number of fused-ring (bicyclic) bond motifs is 1. The Morgan fingerprint density at radius 2 is 2.00 bits per heavy atom. The first-order valence-electron chi connectivity index (χ1n) is 4.44. The van der Waals surface area contributed by atoms with Gasteiger partial charge in [0.1, 0.15) is 0 Å². The zero-order valence-corrected chi connectivity index (χ0v) is 8.94. The van der Waals surface area contributed by atoms with Gasteiger partial charge in [-0.15, -0.1) is 5.10 Å². The van der Waals surface area contributed by atoms with Crippen LogP contribution in [0.1, 0.15) is 0 Å². The Morgan fingerprint density at radius 3 is 2.75 bits per heavy atom. The topological polar surface area (TPSA) is 102 Å². The molecular formula is C9H9ClN6. The van der Waals surface area contributed by atoms with Gasteiger partial charge in [0.15, 0.2) is 5.82 Å². The summed E-state index contributed by atoms with van der Waals surface area (Å²) in [5.41, 5.74) is 13.8. The summed E-state index contributed by atoms with van der Waals surface area (Å²) in [6.07, 6.45) is 0. The molecule has 1 aromatic heterocycles. The summed E-state index contributed by atoms with van der Waals surface area (Å²) in [7, 11) is 0. The highest BCUT2D eigenvalue weighted by Crippen LogP contribution is 2.21. The lowest BCUT2D eigenvalue weighted by Gasteiger charge is -2.04. The highest BCUT2D eigenvalue weighted by Gasteiger charge is 2.04. The van der Waals surface area contributed by atoms with Crippen LogP contribution in [0.25, 0.3) is 10.9 Å². The van der Waals surface area contributed by atoms with E-state index >= 15 is 0 Å². The maximum Gasteiger partial charge on any atom is 0.224 e. The molecule has 0 bridgehead atoms. The summed E-state index contributed by atoms with van der Waals surface area (Å²) in [4.78, 5) is 8.07. The number of anilines is 1. The van der Waals surface area contributed by atoms with Gasteiger partial charge in [0.25, 0.3) is 0 Å². The number of nitrogens with two attached hydrogens (primary N) is 2. The molecule has 1 heterocycles. The first kappa shape index (κ1) is 10.4. The minimum atomic E-state index is -0.0844. The van der Waals surface area contributed by atoms with Crippen LogP contribution >= 0.6 is 11.6 Å². The highest BCUT2D eigenvalue weighted by atomic mass is 35.5. The van der Waals surface area contributed by atoms with Crippen LogP contribution in [0.5, 0.6) is 0 Å². The van der Waals surface area contributed by atoms with Crippen molar-refractivity contribution in [2.24, 2.45) is 16.6 Å². The Hall–Kier alpha value is -2.08. The van der Waals surface area contributed by atoms with Crippen molar-refractivity contribution in [3.05, 3.63) is 29.5 Å². The fourth-order valence-electron chi connectivity index (χ4n) is 1.25. The lowest BCUT2D eigenvalue weighted by Crippen LogP contribution is -2.24. The van der Waals surface area contributed by atoms with Crippen LogP contribution in [0, 0.1) is 0 Å². The van der Waals surface area contributed by atoms with Crippen molar-refractivity contribution < 1.29 is 0 Å². The SMILES string of the molecule is NC(N)=NNc1nc(Cl)nc2ccccc12. The smallest absolute Gasteiger partial charge is 0.224 e. The third kappa shape index (κ3) is 2.12. The summed E-state index contributed by atoms with van der Waals surface area (Å²) in [5.74, 6) is 0.378. The van der Waals surface area contributed by atoms with Gasteiger partial charge in [0.2, 0.25) is 11.2 Å². The summed E-state index contributed by atoms with van der Waals surface area (Å²) in [6.45, 7) is 0. The van der Waals surface area contributed by atoms with Crippen LogP contribution in [-0.4, -0.2) is 15.9 Å². The Labute approximate surface area is 96.3 Å². The maximum absolute atomic E-state index is 5.77. The molecule has 6 nitrogen and oxygen atoms in total. The zero-order chi connectivity index (χ0) is 11.5. The van der Waals surface area contributed by atoms with Crippen molar-refractivity contribution in [3.8, 4) is 0 Å². The fraction of sp³-hybridized carbons (Fsp3) is 0. The molecule has 0 radical (unpaired) electrons. The second-order valence-electron chi connectivity index (χ2n) is 3.01. The summed E-state index contributed by atoms with van der Waals surface area (Å²) >= 11 is 5.77. The number of guanidine groups is 1. The second-order valence-corrected chi connectivity index (χ2v) is 3.34. The quantitative estimate of drug-likeness (QED) is 0.311. The predicted molar refractivity (Wildman–Crippen MR) is 64.0 cm³/mol. The second kappa shape index (κ2) is 4.19. The van der Waals surface area contributed by atoms with Crippen LogP contribution in [0.4, 0.5) is 5.82 Å². The number of aromatic nitrogens is 2. The van der Waals surface area contributed by atoms with Gasteiger partial charge in [-0.05, 0) is 23.7 Å².